The van der Waals surface area contributed by atoms with Crippen LogP contribution in [0.5, 0.6) is 0 Å². The normalized spacial score (nSPS) is 10.6. The fourth-order valence-electron chi connectivity index (χ4n) is 1.67. The van der Waals surface area contributed by atoms with Crippen molar-refractivity contribution in [2.75, 3.05) is 0 Å². The van der Waals surface area contributed by atoms with Crippen molar-refractivity contribution in [1.29, 1.82) is 0 Å². The van der Waals surface area contributed by atoms with E-state index < -0.39 is 0 Å². The molecule has 0 N–H and O–H groups in total. The summed E-state index contributed by atoms with van der Waals surface area (Å²) in [7, 11) is 1.89. The number of halogens is 1. The number of carbonyl (C=O) groups excluding carboxylic acids is 1. The zero-order chi connectivity index (χ0) is 13.1. The van der Waals surface area contributed by atoms with E-state index in [2.05, 4.69) is 5.10 Å². The van der Waals surface area contributed by atoms with Crippen LogP contribution in [0.4, 0.5) is 0 Å². The molecule has 0 saturated heterocycles. The van der Waals surface area contributed by atoms with E-state index in [4.69, 9.17) is 11.6 Å². The molecule has 0 unspecified atom stereocenters. The third-order valence-electron chi connectivity index (χ3n) is 2.63. The second-order valence-electron chi connectivity index (χ2n) is 3.95. The average Bonchev–Trinajstić information content (AvgIpc) is 2.61. The van der Waals surface area contributed by atoms with Gasteiger partial charge >= 0.3 is 0 Å². The first-order valence-electron chi connectivity index (χ1n) is 5.48. The average molecular weight is 281 g/mol. The van der Waals surface area contributed by atoms with Crippen LogP contribution in [-0.4, -0.2) is 16.1 Å². The third-order valence-corrected chi connectivity index (χ3v) is 4.13. The number of hydrogen-bond acceptors (Lipinski definition) is 3. The first-order valence-corrected chi connectivity index (χ1v) is 6.84. The summed E-state index contributed by atoms with van der Waals surface area (Å²) in [5.74, 6) is 0.735. The SMILES string of the molecule is Cc1nn(C)c(CSc2cccc(C=O)c2)c1Cl. The fraction of sp³-hybridized carbons (Fsp3) is 0.231. The van der Waals surface area contributed by atoms with Crippen LogP contribution in [0.25, 0.3) is 0 Å². The van der Waals surface area contributed by atoms with Gasteiger partial charge in [0, 0.05) is 23.3 Å². The Morgan fingerprint density at radius 1 is 1.50 bits per heavy atom. The quantitative estimate of drug-likeness (QED) is 0.635. The molecule has 1 aromatic carbocycles. The molecule has 0 atom stereocenters. The van der Waals surface area contributed by atoms with Gasteiger partial charge in [0.25, 0.3) is 0 Å². The van der Waals surface area contributed by atoms with Crippen molar-refractivity contribution in [3.05, 3.63) is 46.2 Å². The van der Waals surface area contributed by atoms with Gasteiger partial charge < -0.3 is 0 Å². The number of carbonyl (C=O) groups is 1. The van der Waals surface area contributed by atoms with E-state index in [1.165, 1.54) is 0 Å². The number of benzene rings is 1. The molecule has 1 aromatic heterocycles. The largest absolute Gasteiger partial charge is 0.298 e. The van der Waals surface area contributed by atoms with E-state index in [0.717, 1.165) is 33.3 Å². The van der Waals surface area contributed by atoms with Crippen molar-refractivity contribution in [2.24, 2.45) is 7.05 Å². The number of nitrogens with zero attached hydrogens (tertiary/aromatic N) is 2. The summed E-state index contributed by atoms with van der Waals surface area (Å²) in [4.78, 5) is 11.8. The smallest absolute Gasteiger partial charge is 0.150 e. The highest BCUT2D eigenvalue weighted by atomic mass is 35.5. The van der Waals surface area contributed by atoms with E-state index in [-0.39, 0.29) is 0 Å². The lowest BCUT2D eigenvalue weighted by Crippen LogP contribution is -1.96. The summed E-state index contributed by atoms with van der Waals surface area (Å²) in [6.45, 7) is 1.89. The van der Waals surface area contributed by atoms with Crippen molar-refractivity contribution in [2.45, 2.75) is 17.6 Å². The van der Waals surface area contributed by atoms with Crippen LogP contribution in [0.3, 0.4) is 0 Å². The van der Waals surface area contributed by atoms with E-state index >= 15 is 0 Å². The highest BCUT2D eigenvalue weighted by Gasteiger charge is 2.11. The first kappa shape index (κ1) is 13.2. The van der Waals surface area contributed by atoms with Gasteiger partial charge in [-0.15, -0.1) is 11.8 Å². The summed E-state index contributed by atoms with van der Waals surface area (Å²) in [6.07, 6.45) is 0.852. The Labute approximate surface area is 115 Å². The first-order chi connectivity index (χ1) is 8.61. The molecule has 0 fully saturated rings. The Balaban J connectivity index is 2.13. The summed E-state index contributed by atoms with van der Waals surface area (Å²) >= 11 is 7.83. The molecule has 18 heavy (non-hydrogen) atoms. The van der Waals surface area contributed by atoms with Crippen LogP contribution in [0.1, 0.15) is 21.7 Å². The zero-order valence-corrected chi connectivity index (χ0v) is 11.8. The summed E-state index contributed by atoms with van der Waals surface area (Å²) < 4.78 is 1.80. The number of hydrogen-bond donors (Lipinski definition) is 0. The Kier molecular flexibility index (Phi) is 4.09. The monoisotopic (exact) mass is 280 g/mol. The molecule has 2 rings (SSSR count). The van der Waals surface area contributed by atoms with Crippen LogP contribution < -0.4 is 0 Å². The van der Waals surface area contributed by atoms with Gasteiger partial charge in [-0.25, -0.2) is 0 Å². The molecule has 5 heteroatoms. The number of thioether (sulfide) groups is 1. The van der Waals surface area contributed by atoms with Crippen LogP contribution >= 0.6 is 23.4 Å². The Morgan fingerprint density at radius 3 is 2.89 bits per heavy atom. The second-order valence-corrected chi connectivity index (χ2v) is 5.38. The van der Waals surface area contributed by atoms with Crippen LogP contribution in [0.2, 0.25) is 5.02 Å². The molecule has 1 heterocycles. The van der Waals surface area contributed by atoms with Gasteiger partial charge in [0.05, 0.1) is 16.4 Å². The molecular weight excluding hydrogens is 268 g/mol. The van der Waals surface area contributed by atoms with Gasteiger partial charge in [0.2, 0.25) is 0 Å². The Hall–Kier alpha value is -1.26. The van der Waals surface area contributed by atoms with Gasteiger partial charge in [0.1, 0.15) is 6.29 Å². The highest BCUT2D eigenvalue weighted by Crippen LogP contribution is 2.28. The maximum atomic E-state index is 10.7. The van der Waals surface area contributed by atoms with E-state index in [0.29, 0.717) is 5.56 Å². The number of rotatable bonds is 4. The fourth-order valence-corrected chi connectivity index (χ4v) is 3.00. The van der Waals surface area contributed by atoms with Crippen molar-refractivity contribution < 1.29 is 4.79 Å². The molecule has 0 bridgehead atoms. The molecule has 0 spiro atoms. The van der Waals surface area contributed by atoms with Gasteiger partial charge in [-0.2, -0.15) is 5.10 Å². The zero-order valence-electron chi connectivity index (χ0n) is 10.2. The molecule has 0 radical (unpaired) electrons. The Morgan fingerprint density at radius 2 is 2.28 bits per heavy atom. The predicted octanol–water partition coefficient (Wildman–Crippen LogP) is 3.49. The maximum Gasteiger partial charge on any atom is 0.150 e. The van der Waals surface area contributed by atoms with Crippen molar-refractivity contribution in [1.82, 2.24) is 9.78 Å². The molecule has 94 valence electrons. The molecule has 0 saturated carbocycles. The minimum absolute atomic E-state index is 0.687. The van der Waals surface area contributed by atoms with E-state index in [1.54, 1.807) is 22.5 Å². The third kappa shape index (κ3) is 2.76. The molecule has 0 aliphatic heterocycles. The lowest BCUT2D eigenvalue weighted by atomic mass is 10.2. The molecule has 0 amide bonds. The molecule has 3 nitrogen and oxygen atoms in total. The van der Waals surface area contributed by atoms with Crippen molar-refractivity contribution in [3.63, 3.8) is 0 Å². The highest BCUT2D eigenvalue weighted by molar-refractivity contribution is 7.98. The lowest BCUT2D eigenvalue weighted by Gasteiger charge is -2.03. The van der Waals surface area contributed by atoms with Crippen molar-refractivity contribution in [3.8, 4) is 0 Å². The molecule has 0 aliphatic carbocycles. The second kappa shape index (κ2) is 5.59. The van der Waals surface area contributed by atoms with Gasteiger partial charge in [0.15, 0.2) is 0 Å². The van der Waals surface area contributed by atoms with Gasteiger partial charge in [-0.3, -0.25) is 9.48 Å². The predicted molar refractivity (Wildman–Crippen MR) is 74.3 cm³/mol. The van der Waals surface area contributed by atoms with E-state index in [9.17, 15) is 4.79 Å². The standard InChI is InChI=1S/C13H13ClN2OS/c1-9-13(14)12(16(2)15-9)8-18-11-5-3-4-10(6-11)7-17/h3-7H,8H2,1-2H3. The molecule has 0 aliphatic rings. The molecular formula is C13H13ClN2OS. The van der Waals surface area contributed by atoms with Crippen molar-refractivity contribution >= 4 is 29.6 Å². The number of aromatic nitrogens is 2. The summed E-state index contributed by atoms with van der Waals surface area (Å²) in [6, 6.07) is 7.52. The number of aryl methyl sites for hydroxylation is 2. The van der Waals surface area contributed by atoms with Gasteiger partial charge in [-0.1, -0.05) is 23.7 Å². The minimum atomic E-state index is 0.687. The van der Waals surface area contributed by atoms with E-state index in [1.807, 2.05) is 32.2 Å². The molecule has 2 aromatic rings. The topological polar surface area (TPSA) is 34.9 Å². The van der Waals surface area contributed by atoms with Crippen LogP contribution in [-0.2, 0) is 12.8 Å². The minimum Gasteiger partial charge on any atom is -0.298 e. The number of aldehydes is 1. The van der Waals surface area contributed by atoms with Crippen LogP contribution in [0.15, 0.2) is 29.2 Å². The summed E-state index contributed by atoms with van der Waals surface area (Å²) in [5.41, 5.74) is 2.53. The lowest BCUT2D eigenvalue weighted by molar-refractivity contribution is 0.112. The maximum absolute atomic E-state index is 10.7. The van der Waals surface area contributed by atoms with Crippen LogP contribution in [0, 0.1) is 6.92 Å². The Bertz CT molecular complexity index is 580. The van der Waals surface area contributed by atoms with Gasteiger partial charge in [-0.05, 0) is 19.1 Å². The summed E-state index contributed by atoms with van der Waals surface area (Å²) in [5, 5.41) is 4.99.